The molecule has 1 atom stereocenters. The predicted molar refractivity (Wildman–Crippen MR) is 114 cm³/mol. The topological polar surface area (TPSA) is 110 Å². The maximum absolute atomic E-state index is 13.2. The van der Waals surface area contributed by atoms with Crippen LogP contribution >= 0.6 is 0 Å². The molecule has 2 amide bonds. The monoisotopic (exact) mass is 421 g/mol. The molecule has 0 aliphatic carbocycles. The van der Waals surface area contributed by atoms with E-state index in [2.05, 4.69) is 5.32 Å². The molecule has 30 heavy (non-hydrogen) atoms. The number of nitrogens with one attached hydrogen (secondary N) is 1. The summed E-state index contributed by atoms with van der Waals surface area (Å²) < 4.78 is 22.8. The molecule has 3 aromatic carbocycles. The maximum atomic E-state index is 13.2. The van der Waals surface area contributed by atoms with Gasteiger partial charge in [-0.05, 0) is 48.0 Å². The fourth-order valence-electron chi connectivity index (χ4n) is 3.52. The molecule has 1 aliphatic heterocycles. The predicted octanol–water partition coefficient (Wildman–Crippen LogP) is 2.54. The second-order valence-electron chi connectivity index (χ2n) is 6.95. The molecule has 4 rings (SSSR count). The summed E-state index contributed by atoms with van der Waals surface area (Å²) in [7, 11) is -3.82. The highest BCUT2D eigenvalue weighted by atomic mass is 32.2. The Morgan fingerprint density at radius 1 is 0.900 bits per heavy atom. The van der Waals surface area contributed by atoms with Gasteiger partial charge in [0, 0.05) is 23.4 Å². The Balaban J connectivity index is 1.62. The third-order valence-corrected chi connectivity index (χ3v) is 5.90. The van der Waals surface area contributed by atoms with Crippen LogP contribution in [0.15, 0.2) is 83.8 Å². The van der Waals surface area contributed by atoms with Gasteiger partial charge in [-0.3, -0.25) is 14.5 Å². The molecule has 3 aromatic rings. The van der Waals surface area contributed by atoms with Gasteiger partial charge < -0.3 is 5.32 Å². The van der Waals surface area contributed by atoms with Crippen molar-refractivity contribution in [3.05, 3.63) is 90.0 Å². The summed E-state index contributed by atoms with van der Waals surface area (Å²) in [6.07, 6.45) is 0.385. The number of hydrogen-bond acceptors (Lipinski definition) is 4. The minimum absolute atomic E-state index is 0.0466. The van der Waals surface area contributed by atoms with Gasteiger partial charge in [-0.2, -0.15) is 0 Å². The van der Waals surface area contributed by atoms with Crippen LogP contribution < -0.4 is 15.4 Å². The number of primary sulfonamides is 1. The Hall–Kier alpha value is -3.49. The Morgan fingerprint density at radius 2 is 1.53 bits per heavy atom. The van der Waals surface area contributed by atoms with E-state index in [9.17, 15) is 18.0 Å². The highest BCUT2D eigenvalue weighted by molar-refractivity contribution is 7.89. The number of para-hydroxylation sites is 1. The van der Waals surface area contributed by atoms with E-state index in [0.29, 0.717) is 23.4 Å². The van der Waals surface area contributed by atoms with Gasteiger partial charge in [-0.15, -0.1) is 0 Å². The van der Waals surface area contributed by atoms with Crippen molar-refractivity contribution in [2.24, 2.45) is 5.14 Å². The van der Waals surface area contributed by atoms with Gasteiger partial charge in [-0.25, -0.2) is 13.6 Å². The van der Waals surface area contributed by atoms with E-state index >= 15 is 0 Å². The fourth-order valence-corrected chi connectivity index (χ4v) is 4.04. The van der Waals surface area contributed by atoms with Crippen molar-refractivity contribution in [1.82, 2.24) is 0 Å². The van der Waals surface area contributed by atoms with Crippen molar-refractivity contribution in [2.75, 3.05) is 10.2 Å². The Morgan fingerprint density at radius 3 is 2.20 bits per heavy atom. The van der Waals surface area contributed by atoms with E-state index in [4.69, 9.17) is 5.14 Å². The minimum atomic E-state index is -3.82. The number of carbonyl (C=O) groups is 2. The van der Waals surface area contributed by atoms with Gasteiger partial charge in [0.05, 0.1) is 4.90 Å². The summed E-state index contributed by atoms with van der Waals surface area (Å²) in [5.41, 5.74) is 2.52. The average Bonchev–Trinajstić information content (AvgIpc) is 3.13. The van der Waals surface area contributed by atoms with E-state index in [0.717, 1.165) is 5.56 Å². The first-order valence-electron chi connectivity index (χ1n) is 9.25. The summed E-state index contributed by atoms with van der Waals surface area (Å²) in [5.74, 6) is -0.621. The minimum Gasteiger partial charge on any atom is -0.324 e. The third kappa shape index (κ3) is 3.83. The Bertz CT molecular complexity index is 1210. The molecular weight excluding hydrogens is 402 g/mol. The van der Waals surface area contributed by atoms with Crippen molar-refractivity contribution in [2.45, 2.75) is 17.4 Å². The lowest BCUT2D eigenvalue weighted by Crippen LogP contribution is -2.45. The number of rotatable bonds is 4. The van der Waals surface area contributed by atoms with Crippen LogP contribution in [0.2, 0.25) is 0 Å². The van der Waals surface area contributed by atoms with Crippen molar-refractivity contribution in [3.8, 4) is 0 Å². The smallest absolute Gasteiger partial charge is 0.259 e. The summed E-state index contributed by atoms with van der Waals surface area (Å²) in [6.45, 7) is 0. The summed E-state index contributed by atoms with van der Waals surface area (Å²) in [6, 6.07) is 21.1. The van der Waals surface area contributed by atoms with E-state index < -0.39 is 16.1 Å². The molecule has 7 nitrogen and oxygen atoms in total. The number of amides is 2. The van der Waals surface area contributed by atoms with Crippen LogP contribution in [0.3, 0.4) is 0 Å². The van der Waals surface area contributed by atoms with Crippen molar-refractivity contribution in [3.63, 3.8) is 0 Å². The number of nitrogens with two attached hydrogens (primary N) is 1. The number of anilines is 2. The molecule has 152 valence electrons. The lowest BCUT2D eigenvalue weighted by atomic mass is 10.1. The molecule has 8 heteroatoms. The molecular formula is C22H19N3O4S. The van der Waals surface area contributed by atoms with Gasteiger partial charge in [0.2, 0.25) is 15.9 Å². The molecule has 0 fully saturated rings. The molecule has 0 radical (unpaired) electrons. The number of nitrogens with zero attached hydrogens (tertiary/aromatic N) is 1. The fraction of sp³-hybridized carbons (Fsp3) is 0.0909. The second kappa shape index (κ2) is 7.74. The zero-order chi connectivity index (χ0) is 21.3. The molecule has 1 aliphatic rings. The summed E-state index contributed by atoms with van der Waals surface area (Å²) in [5, 5.41) is 7.87. The normalized spacial score (nSPS) is 15.5. The molecule has 0 saturated heterocycles. The van der Waals surface area contributed by atoms with E-state index in [-0.39, 0.29) is 16.7 Å². The number of benzene rings is 3. The van der Waals surface area contributed by atoms with Gasteiger partial charge >= 0.3 is 0 Å². The van der Waals surface area contributed by atoms with Crippen LogP contribution in [0, 0.1) is 0 Å². The van der Waals surface area contributed by atoms with Gasteiger partial charge in [0.25, 0.3) is 5.91 Å². The zero-order valence-corrected chi connectivity index (χ0v) is 16.7. The van der Waals surface area contributed by atoms with E-state index in [1.807, 2.05) is 30.3 Å². The summed E-state index contributed by atoms with van der Waals surface area (Å²) in [4.78, 5) is 27.7. The van der Waals surface area contributed by atoms with Crippen molar-refractivity contribution >= 4 is 33.2 Å². The standard InChI is InChI=1S/C22H19N3O4S/c23-30(28,29)18-12-10-17(11-13-18)24-21(26)20-14-16-8-4-5-9-19(16)25(20)22(27)15-6-2-1-3-7-15/h1-13,20H,14H2,(H,24,26)(H2,23,28,29)/t20-/m1/s1. The summed E-state index contributed by atoms with van der Waals surface area (Å²) >= 11 is 0. The highest BCUT2D eigenvalue weighted by Crippen LogP contribution is 2.34. The lowest BCUT2D eigenvalue weighted by molar-refractivity contribution is -0.117. The molecule has 0 unspecified atom stereocenters. The van der Waals surface area contributed by atoms with Crippen LogP contribution in [0.1, 0.15) is 15.9 Å². The second-order valence-corrected chi connectivity index (χ2v) is 8.51. The molecule has 0 aromatic heterocycles. The maximum Gasteiger partial charge on any atom is 0.259 e. The van der Waals surface area contributed by atoms with Crippen LogP contribution in [-0.4, -0.2) is 26.3 Å². The first-order chi connectivity index (χ1) is 14.3. The van der Waals surface area contributed by atoms with E-state index in [1.165, 1.54) is 29.2 Å². The van der Waals surface area contributed by atoms with Crippen LogP contribution in [0.4, 0.5) is 11.4 Å². The lowest BCUT2D eigenvalue weighted by Gasteiger charge is -2.25. The first-order valence-corrected chi connectivity index (χ1v) is 10.8. The third-order valence-electron chi connectivity index (χ3n) is 4.97. The Kier molecular flexibility index (Phi) is 5.11. The largest absolute Gasteiger partial charge is 0.324 e. The SMILES string of the molecule is NS(=O)(=O)c1ccc(NC(=O)[C@H]2Cc3ccccc3N2C(=O)c2ccccc2)cc1. The van der Waals surface area contributed by atoms with Gasteiger partial charge in [0.1, 0.15) is 6.04 Å². The molecule has 0 bridgehead atoms. The van der Waals surface area contributed by atoms with Crippen molar-refractivity contribution in [1.29, 1.82) is 0 Å². The zero-order valence-electron chi connectivity index (χ0n) is 15.9. The number of carbonyl (C=O) groups excluding carboxylic acids is 2. The number of hydrogen-bond donors (Lipinski definition) is 2. The molecule has 0 spiro atoms. The first kappa shape index (κ1) is 19.8. The molecule has 3 N–H and O–H groups in total. The quantitative estimate of drug-likeness (QED) is 0.675. The van der Waals surface area contributed by atoms with Crippen LogP contribution in [0.5, 0.6) is 0 Å². The van der Waals surface area contributed by atoms with Gasteiger partial charge in [-0.1, -0.05) is 36.4 Å². The van der Waals surface area contributed by atoms with E-state index in [1.54, 1.807) is 24.3 Å². The molecule has 1 heterocycles. The highest BCUT2D eigenvalue weighted by Gasteiger charge is 2.38. The number of fused-ring (bicyclic) bond motifs is 1. The average molecular weight is 421 g/mol. The number of sulfonamides is 1. The Labute approximate surface area is 174 Å². The van der Waals surface area contributed by atoms with Crippen LogP contribution in [0.25, 0.3) is 0 Å². The van der Waals surface area contributed by atoms with Gasteiger partial charge in [0.15, 0.2) is 0 Å². The van der Waals surface area contributed by atoms with Crippen molar-refractivity contribution < 1.29 is 18.0 Å². The van der Waals surface area contributed by atoms with Crippen LogP contribution in [-0.2, 0) is 21.2 Å². The molecule has 0 saturated carbocycles.